The summed E-state index contributed by atoms with van der Waals surface area (Å²) in [4.78, 5) is 0. The molecule has 0 saturated carbocycles. The average molecular weight is 135 g/mol. The fourth-order valence-electron chi connectivity index (χ4n) is 0.591. The normalized spacial score (nSPS) is 10.2. The summed E-state index contributed by atoms with van der Waals surface area (Å²) in [6.45, 7) is 9.75. The van der Waals surface area contributed by atoms with Gasteiger partial charge in [0.1, 0.15) is 0 Å². The Hall–Kier alpha value is 0.557. The van der Waals surface area contributed by atoms with Gasteiger partial charge >= 0.3 is 18.9 Å². The standard InChI is InChI=1S/C8H18N.Li/c1-7(2)5-6-9-8(3)4;/h7-8H,5-6H2,1-4H3;/q-1;+1. The molecule has 0 rings (SSSR count). The molecule has 0 unspecified atom stereocenters. The summed E-state index contributed by atoms with van der Waals surface area (Å²) < 4.78 is 0. The van der Waals surface area contributed by atoms with Crippen molar-refractivity contribution in [1.82, 2.24) is 0 Å². The molecule has 0 radical (unpaired) electrons. The van der Waals surface area contributed by atoms with Crippen LogP contribution in [-0.4, -0.2) is 12.6 Å². The molecule has 0 saturated heterocycles. The first kappa shape index (κ1) is 13.2. The van der Waals surface area contributed by atoms with E-state index in [9.17, 15) is 0 Å². The van der Waals surface area contributed by atoms with E-state index in [1.165, 1.54) is 6.42 Å². The first-order valence-electron chi connectivity index (χ1n) is 3.79. The molecule has 0 aromatic heterocycles. The molecular weight excluding hydrogens is 117 g/mol. The summed E-state index contributed by atoms with van der Waals surface area (Å²) in [6, 6.07) is 0.517. The topological polar surface area (TPSA) is 14.1 Å². The molecule has 0 aromatic carbocycles. The van der Waals surface area contributed by atoms with Crippen LogP contribution >= 0.6 is 0 Å². The molecule has 0 N–H and O–H groups in total. The number of nitrogens with zero attached hydrogens (tertiary/aromatic N) is 1. The third kappa shape index (κ3) is 11.4. The van der Waals surface area contributed by atoms with E-state index in [4.69, 9.17) is 0 Å². The van der Waals surface area contributed by atoms with E-state index in [-0.39, 0.29) is 18.9 Å². The molecule has 56 valence electrons. The molecule has 10 heavy (non-hydrogen) atoms. The Morgan fingerprint density at radius 1 is 1.10 bits per heavy atom. The number of rotatable bonds is 4. The Bertz CT molecular complexity index is 54.3. The average Bonchev–Trinajstić information content (AvgIpc) is 1.63. The van der Waals surface area contributed by atoms with Crippen molar-refractivity contribution in [3.8, 4) is 0 Å². The van der Waals surface area contributed by atoms with Gasteiger partial charge in [-0.2, -0.15) is 0 Å². The van der Waals surface area contributed by atoms with Crippen LogP contribution in [0.15, 0.2) is 0 Å². The summed E-state index contributed by atoms with van der Waals surface area (Å²) in [7, 11) is 0. The van der Waals surface area contributed by atoms with Crippen LogP contribution in [0, 0.1) is 5.92 Å². The van der Waals surface area contributed by atoms with Crippen LogP contribution in [0.1, 0.15) is 34.1 Å². The van der Waals surface area contributed by atoms with Crippen LogP contribution in [0.2, 0.25) is 0 Å². The van der Waals surface area contributed by atoms with E-state index in [0.717, 1.165) is 12.5 Å². The predicted molar refractivity (Wildman–Crippen MR) is 42.8 cm³/mol. The van der Waals surface area contributed by atoms with E-state index >= 15 is 0 Å². The van der Waals surface area contributed by atoms with Crippen LogP contribution in [0.4, 0.5) is 0 Å². The van der Waals surface area contributed by atoms with Crippen molar-refractivity contribution < 1.29 is 18.9 Å². The Kier molecular flexibility index (Phi) is 10.1. The molecule has 0 aliphatic rings. The van der Waals surface area contributed by atoms with Gasteiger partial charge < -0.3 is 5.32 Å². The Morgan fingerprint density at radius 2 is 1.60 bits per heavy atom. The van der Waals surface area contributed by atoms with E-state index < -0.39 is 0 Å². The quantitative estimate of drug-likeness (QED) is 0.475. The van der Waals surface area contributed by atoms with Crippen molar-refractivity contribution in [2.24, 2.45) is 5.92 Å². The maximum Gasteiger partial charge on any atom is 1.00 e. The monoisotopic (exact) mass is 135 g/mol. The fraction of sp³-hybridized carbons (Fsp3) is 1.00. The van der Waals surface area contributed by atoms with Gasteiger partial charge in [0.05, 0.1) is 0 Å². The van der Waals surface area contributed by atoms with Gasteiger partial charge in [-0.15, -0.1) is 12.6 Å². The van der Waals surface area contributed by atoms with Crippen molar-refractivity contribution in [2.45, 2.75) is 40.2 Å². The SMILES string of the molecule is CC(C)CC[N-]C(C)C.[Li+]. The van der Waals surface area contributed by atoms with E-state index in [1.54, 1.807) is 0 Å². The zero-order valence-corrected chi connectivity index (χ0v) is 8.02. The van der Waals surface area contributed by atoms with Crippen molar-refractivity contribution in [2.75, 3.05) is 6.54 Å². The van der Waals surface area contributed by atoms with Gasteiger partial charge in [-0.05, 0) is 5.92 Å². The first-order valence-corrected chi connectivity index (χ1v) is 3.79. The van der Waals surface area contributed by atoms with Crippen LogP contribution in [0.5, 0.6) is 0 Å². The molecule has 0 spiro atoms. The Labute approximate surface area is 77.1 Å². The second-order valence-electron chi connectivity index (χ2n) is 3.18. The summed E-state index contributed by atoms with van der Waals surface area (Å²) in [5, 5.41) is 4.36. The van der Waals surface area contributed by atoms with Gasteiger partial charge in [0.15, 0.2) is 0 Å². The third-order valence-electron chi connectivity index (χ3n) is 1.20. The van der Waals surface area contributed by atoms with Crippen LogP contribution < -0.4 is 18.9 Å². The molecule has 2 heteroatoms. The van der Waals surface area contributed by atoms with E-state index in [1.807, 2.05) is 0 Å². The van der Waals surface area contributed by atoms with Crippen molar-refractivity contribution >= 4 is 0 Å². The molecule has 0 amide bonds. The minimum Gasteiger partial charge on any atom is -0.660 e. The number of hydrogen-bond acceptors (Lipinski definition) is 0. The zero-order valence-electron chi connectivity index (χ0n) is 8.02. The summed E-state index contributed by atoms with van der Waals surface area (Å²) in [6.07, 6.45) is 1.23. The van der Waals surface area contributed by atoms with Gasteiger partial charge in [0.2, 0.25) is 0 Å². The molecule has 0 atom stereocenters. The molecule has 0 heterocycles. The van der Waals surface area contributed by atoms with E-state index in [0.29, 0.717) is 6.04 Å². The van der Waals surface area contributed by atoms with Crippen molar-refractivity contribution in [1.29, 1.82) is 0 Å². The molecule has 0 bridgehead atoms. The van der Waals surface area contributed by atoms with Crippen molar-refractivity contribution in [3.63, 3.8) is 0 Å². The smallest absolute Gasteiger partial charge is 0.660 e. The maximum atomic E-state index is 4.36. The molecule has 0 aromatic rings. The third-order valence-corrected chi connectivity index (χ3v) is 1.20. The fourth-order valence-corrected chi connectivity index (χ4v) is 0.591. The summed E-state index contributed by atoms with van der Waals surface area (Å²) in [5.74, 6) is 0.799. The van der Waals surface area contributed by atoms with Crippen LogP contribution in [-0.2, 0) is 0 Å². The molecule has 0 fully saturated rings. The molecule has 0 aliphatic carbocycles. The zero-order chi connectivity index (χ0) is 7.28. The molecule has 0 aliphatic heterocycles. The Balaban J connectivity index is 0. The van der Waals surface area contributed by atoms with Gasteiger partial charge in [-0.3, -0.25) is 0 Å². The summed E-state index contributed by atoms with van der Waals surface area (Å²) >= 11 is 0. The Morgan fingerprint density at radius 3 is 1.90 bits per heavy atom. The van der Waals surface area contributed by atoms with Crippen molar-refractivity contribution in [3.05, 3.63) is 5.32 Å². The number of hydrogen-bond donors (Lipinski definition) is 0. The molecule has 1 nitrogen and oxygen atoms in total. The second kappa shape index (κ2) is 7.66. The largest absolute Gasteiger partial charge is 1.00 e. The first-order chi connectivity index (χ1) is 4.13. The van der Waals surface area contributed by atoms with Crippen LogP contribution in [0.25, 0.3) is 5.32 Å². The minimum absolute atomic E-state index is 0. The maximum absolute atomic E-state index is 4.36. The summed E-state index contributed by atoms with van der Waals surface area (Å²) in [5.41, 5.74) is 0. The van der Waals surface area contributed by atoms with Crippen LogP contribution in [0.3, 0.4) is 0 Å². The molecular formula is C8H18LiN. The van der Waals surface area contributed by atoms with Gasteiger partial charge in [0, 0.05) is 0 Å². The minimum atomic E-state index is 0. The van der Waals surface area contributed by atoms with Gasteiger partial charge in [-0.25, -0.2) is 0 Å². The predicted octanol–water partition coefficient (Wildman–Crippen LogP) is -0.181. The second-order valence-corrected chi connectivity index (χ2v) is 3.18. The van der Waals surface area contributed by atoms with Gasteiger partial charge in [-0.1, -0.05) is 34.1 Å². The van der Waals surface area contributed by atoms with Gasteiger partial charge in [0.25, 0.3) is 0 Å². The van der Waals surface area contributed by atoms with E-state index in [2.05, 4.69) is 33.0 Å².